The van der Waals surface area contributed by atoms with Gasteiger partial charge in [-0.25, -0.2) is 4.68 Å². The molecule has 0 aliphatic heterocycles. The third kappa shape index (κ3) is 2.95. The number of anilines is 1. The van der Waals surface area contributed by atoms with E-state index in [4.69, 9.17) is 16.6 Å². The second-order valence-electron chi connectivity index (χ2n) is 7.86. The highest BCUT2D eigenvalue weighted by Crippen LogP contribution is 2.39. The molecule has 2 aromatic heterocycles. The van der Waals surface area contributed by atoms with Gasteiger partial charge in [0.25, 0.3) is 5.91 Å². The van der Waals surface area contributed by atoms with E-state index >= 15 is 0 Å². The molecule has 1 aromatic carbocycles. The number of primary amides is 1. The summed E-state index contributed by atoms with van der Waals surface area (Å²) in [6.45, 7) is 4.19. The van der Waals surface area contributed by atoms with E-state index in [1.807, 2.05) is 35.9 Å². The van der Waals surface area contributed by atoms with E-state index in [0.29, 0.717) is 11.5 Å². The van der Waals surface area contributed by atoms with Gasteiger partial charge in [-0.2, -0.15) is 5.10 Å². The molecule has 0 saturated heterocycles. The summed E-state index contributed by atoms with van der Waals surface area (Å²) in [5, 5.41) is 5.76. The van der Waals surface area contributed by atoms with E-state index in [2.05, 4.69) is 11.9 Å². The highest BCUT2D eigenvalue weighted by Gasteiger charge is 2.34. The van der Waals surface area contributed by atoms with Crippen molar-refractivity contribution in [3.8, 4) is 11.3 Å². The van der Waals surface area contributed by atoms with Gasteiger partial charge < -0.3 is 11.5 Å². The fourth-order valence-corrected chi connectivity index (χ4v) is 4.17. The van der Waals surface area contributed by atoms with Crippen LogP contribution in [0.2, 0.25) is 0 Å². The number of aromatic nitrogens is 3. The Morgan fingerprint density at radius 2 is 1.93 bits per heavy atom. The second kappa shape index (κ2) is 6.37. The molecule has 2 heterocycles. The van der Waals surface area contributed by atoms with Crippen LogP contribution in [0.25, 0.3) is 22.2 Å². The SMILES string of the molecule is Cc1ccc2cc(-c3nn(C4(C)CCCCC4)c(N)c3C(N)=O)cnc2c1. The largest absolute Gasteiger partial charge is 0.383 e. The lowest BCUT2D eigenvalue weighted by Crippen LogP contribution is -2.34. The highest BCUT2D eigenvalue weighted by molar-refractivity contribution is 6.03. The standard InChI is InChI=1S/C21H25N5O/c1-13-6-7-14-11-15(12-24-16(14)10-13)18-17(20(23)27)19(22)26(25-18)21(2)8-4-3-5-9-21/h6-7,10-12H,3-5,8-9,22H2,1-2H3,(H2,23,27). The minimum absolute atomic E-state index is 0.188. The normalized spacial score (nSPS) is 16.5. The van der Waals surface area contributed by atoms with Gasteiger partial charge in [-0.1, -0.05) is 31.4 Å². The lowest BCUT2D eigenvalue weighted by atomic mass is 9.83. The monoisotopic (exact) mass is 363 g/mol. The van der Waals surface area contributed by atoms with Crippen molar-refractivity contribution in [3.05, 3.63) is 41.6 Å². The average Bonchev–Trinajstić information content (AvgIpc) is 3.00. The molecule has 4 N–H and O–H groups in total. The number of benzene rings is 1. The van der Waals surface area contributed by atoms with Crippen molar-refractivity contribution in [1.82, 2.24) is 14.8 Å². The van der Waals surface area contributed by atoms with Crippen molar-refractivity contribution >= 4 is 22.6 Å². The van der Waals surface area contributed by atoms with E-state index < -0.39 is 5.91 Å². The van der Waals surface area contributed by atoms with E-state index in [1.54, 1.807) is 6.20 Å². The van der Waals surface area contributed by atoms with Crippen molar-refractivity contribution in [2.75, 3.05) is 5.73 Å². The molecule has 0 spiro atoms. The van der Waals surface area contributed by atoms with E-state index in [-0.39, 0.29) is 11.1 Å². The first-order valence-corrected chi connectivity index (χ1v) is 9.45. The van der Waals surface area contributed by atoms with Gasteiger partial charge in [0.2, 0.25) is 0 Å². The zero-order chi connectivity index (χ0) is 19.2. The summed E-state index contributed by atoms with van der Waals surface area (Å²) >= 11 is 0. The summed E-state index contributed by atoms with van der Waals surface area (Å²) in [5.74, 6) is -0.205. The van der Waals surface area contributed by atoms with Crippen LogP contribution in [-0.4, -0.2) is 20.7 Å². The van der Waals surface area contributed by atoms with Crippen molar-refractivity contribution in [1.29, 1.82) is 0 Å². The second-order valence-corrected chi connectivity index (χ2v) is 7.86. The Labute approximate surface area is 158 Å². The smallest absolute Gasteiger partial charge is 0.254 e. The maximum absolute atomic E-state index is 12.2. The number of fused-ring (bicyclic) bond motifs is 1. The van der Waals surface area contributed by atoms with Gasteiger partial charge in [-0.3, -0.25) is 9.78 Å². The van der Waals surface area contributed by atoms with E-state index in [0.717, 1.165) is 47.7 Å². The average molecular weight is 363 g/mol. The fourth-order valence-electron chi connectivity index (χ4n) is 4.17. The van der Waals surface area contributed by atoms with Gasteiger partial charge in [0.05, 0.1) is 11.1 Å². The minimum Gasteiger partial charge on any atom is -0.383 e. The predicted molar refractivity (Wildman–Crippen MR) is 107 cm³/mol. The summed E-state index contributed by atoms with van der Waals surface area (Å²) in [7, 11) is 0. The Kier molecular flexibility index (Phi) is 4.13. The molecule has 140 valence electrons. The number of pyridine rings is 1. The minimum atomic E-state index is -0.558. The quantitative estimate of drug-likeness (QED) is 0.740. The van der Waals surface area contributed by atoms with Crippen LogP contribution < -0.4 is 11.5 Å². The number of nitrogens with two attached hydrogens (primary N) is 2. The van der Waals surface area contributed by atoms with E-state index in [9.17, 15) is 4.79 Å². The number of nitrogen functional groups attached to an aromatic ring is 1. The van der Waals surface area contributed by atoms with Crippen molar-refractivity contribution in [2.45, 2.75) is 51.5 Å². The molecule has 6 heteroatoms. The molecule has 4 rings (SSSR count). The first kappa shape index (κ1) is 17.5. The molecule has 27 heavy (non-hydrogen) atoms. The van der Waals surface area contributed by atoms with Crippen LogP contribution in [0.3, 0.4) is 0 Å². The van der Waals surface area contributed by atoms with Crippen LogP contribution in [0.5, 0.6) is 0 Å². The van der Waals surface area contributed by atoms with E-state index in [1.165, 1.54) is 6.42 Å². The van der Waals surface area contributed by atoms with Gasteiger partial charge >= 0.3 is 0 Å². The Morgan fingerprint density at radius 3 is 2.63 bits per heavy atom. The number of carbonyl (C=O) groups is 1. The number of aryl methyl sites for hydroxylation is 1. The van der Waals surface area contributed by atoms with Gasteiger partial charge in [-0.05, 0) is 44.4 Å². The van der Waals surface area contributed by atoms with Crippen LogP contribution >= 0.6 is 0 Å². The molecule has 0 radical (unpaired) electrons. The van der Waals surface area contributed by atoms with Gasteiger partial charge in [0.1, 0.15) is 17.1 Å². The lowest BCUT2D eigenvalue weighted by Gasteiger charge is -2.34. The van der Waals surface area contributed by atoms with Crippen molar-refractivity contribution in [2.24, 2.45) is 5.73 Å². The number of nitrogens with zero attached hydrogens (tertiary/aromatic N) is 3. The highest BCUT2D eigenvalue weighted by atomic mass is 16.1. The third-order valence-electron chi connectivity index (χ3n) is 5.72. The molecule has 1 saturated carbocycles. The number of hydrogen-bond acceptors (Lipinski definition) is 4. The zero-order valence-electron chi connectivity index (χ0n) is 15.8. The number of carbonyl (C=O) groups excluding carboxylic acids is 1. The Bertz CT molecular complexity index is 1030. The number of amides is 1. The van der Waals surface area contributed by atoms with Crippen LogP contribution in [0.1, 0.15) is 54.9 Å². The topological polar surface area (TPSA) is 99.8 Å². The molecule has 0 unspecified atom stereocenters. The molecular weight excluding hydrogens is 338 g/mol. The first-order valence-electron chi connectivity index (χ1n) is 9.45. The molecule has 1 amide bonds. The molecule has 6 nitrogen and oxygen atoms in total. The number of rotatable bonds is 3. The van der Waals surface area contributed by atoms with Gasteiger partial charge in [0, 0.05) is 17.1 Å². The molecule has 0 bridgehead atoms. The van der Waals surface area contributed by atoms with Crippen LogP contribution in [0.15, 0.2) is 30.5 Å². The summed E-state index contributed by atoms with van der Waals surface area (Å²) in [5.41, 5.74) is 15.5. The summed E-state index contributed by atoms with van der Waals surface area (Å²) in [6.07, 6.45) is 7.21. The van der Waals surface area contributed by atoms with Gasteiger partial charge in [-0.15, -0.1) is 0 Å². The van der Waals surface area contributed by atoms with Crippen molar-refractivity contribution < 1.29 is 4.79 Å². The summed E-state index contributed by atoms with van der Waals surface area (Å²) < 4.78 is 1.82. The third-order valence-corrected chi connectivity index (χ3v) is 5.72. The Hall–Kier alpha value is -2.89. The first-order chi connectivity index (χ1) is 12.9. The molecule has 0 atom stereocenters. The maximum Gasteiger partial charge on any atom is 0.254 e. The lowest BCUT2D eigenvalue weighted by molar-refractivity contribution is 0.100. The Morgan fingerprint density at radius 1 is 1.19 bits per heavy atom. The van der Waals surface area contributed by atoms with Crippen LogP contribution in [0, 0.1) is 6.92 Å². The fraction of sp³-hybridized carbons (Fsp3) is 0.381. The van der Waals surface area contributed by atoms with Crippen LogP contribution in [0.4, 0.5) is 5.82 Å². The molecule has 1 aliphatic rings. The zero-order valence-corrected chi connectivity index (χ0v) is 15.8. The summed E-state index contributed by atoms with van der Waals surface area (Å²) in [6, 6.07) is 8.08. The molecule has 1 fully saturated rings. The predicted octanol–water partition coefficient (Wildman–Crippen LogP) is 3.77. The molecule has 1 aliphatic carbocycles. The van der Waals surface area contributed by atoms with Crippen LogP contribution in [-0.2, 0) is 5.54 Å². The van der Waals surface area contributed by atoms with Gasteiger partial charge in [0.15, 0.2) is 0 Å². The summed E-state index contributed by atoms with van der Waals surface area (Å²) in [4.78, 5) is 16.7. The number of hydrogen-bond donors (Lipinski definition) is 2. The maximum atomic E-state index is 12.2. The molecule has 3 aromatic rings. The molecular formula is C21H25N5O. The van der Waals surface area contributed by atoms with Crippen molar-refractivity contribution in [3.63, 3.8) is 0 Å². The Balaban J connectivity index is 1.88.